The normalized spacial score (nSPS) is 44.0. The molecule has 8 atom stereocenters. The third-order valence-electron chi connectivity index (χ3n) is 9.94. The van der Waals surface area contributed by atoms with E-state index in [1.54, 1.807) is 11.1 Å². The van der Waals surface area contributed by atoms with Crippen LogP contribution in [-0.2, 0) is 0 Å². The van der Waals surface area contributed by atoms with Crippen molar-refractivity contribution in [2.45, 2.75) is 92.6 Å². The summed E-state index contributed by atoms with van der Waals surface area (Å²) < 4.78 is 0. The predicted octanol–water partition coefficient (Wildman–Crippen LogP) is 7.33. The Kier molecular flexibility index (Phi) is 5.69. The minimum Gasteiger partial charge on any atom is -0.393 e. The Morgan fingerprint density at radius 2 is 1.79 bits per heavy atom. The summed E-state index contributed by atoms with van der Waals surface area (Å²) >= 11 is 0. The van der Waals surface area contributed by atoms with Crippen molar-refractivity contribution in [2.75, 3.05) is 0 Å². The smallest absolute Gasteiger partial charge is 0.0543 e. The summed E-state index contributed by atoms with van der Waals surface area (Å²) in [6, 6.07) is 0. The lowest BCUT2D eigenvalue weighted by molar-refractivity contribution is 0.0316. The largest absolute Gasteiger partial charge is 0.393 e. The SMILES string of the molecule is CC(C)[C@@H](C)/C=C/[C@@H](C)[C@@H]1CC[C@@H]2C3=CC[C@@H]4C[C@H](O)CC[C@@]4(C)C3=CC[C@@]21C. The van der Waals surface area contributed by atoms with E-state index in [0.29, 0.717) is 28.6 Å². The highest BCUT2D eigenvalue weighted by Gasteiger charge is 2.55. The Morgan fingerprint density at radius 3 is 2.52 bits per heavy atom. The van der Waals surface area contributed by atoms with Crippen molar-refractivity contribution in [3.8, 4) is 0 Å². The highest BCUT2D eigenvalue weighted by molar-refractivity contribution is 5.46. The zero-order valence-corrected chi connectivity index (χ0v) is 19.7. The van der Waals surface area contributed by atoms with Gasteiger partial charge in [0.2, 0.25) is 0 Å². The molecule has 0 heterocycles. The molecule has 0 aromatic carbocycles. The van der Waals surface area contributed by atoms with E-state index in [1.807, 2.05) is 0 Å². The fourth-order valence-corrected chi connectivity index (χ4v) is 7.44. The van der Waals surface area contributed by atoms with Crippen LogP contribution in [0.25, 0.3) is 0 Å². The molecule has 0 radical (unpaired) electrons. The van der Waals surface area contributed by atoms with Crippen molar-refractivity contribution in [2.24, 2.45) is 46.3 Å². The van der Waals surface area contributed by atoms with E-state index in [2.05, 4.69) is 65.8 Å². The molecule has 4 rings (SSSR count). The maximum Gasteiger partial charge on any atom is 0.0543 e. The van der Waals surface area contributed by atoms with Gasteiger partial charge in [-0.15, -0.1) is 0 Å². The van der Waals surface area contributed by atoms with Crippen molar-refractivity contribution in [1.29, 1.82) is 0 Å². The fourth-order valence-electron chi connectivity index (χ4n) is 7.44. The van der Waals surface area contributed by atoms with Crippen LogP contribution in [0.3, 0.4) is 0 Å². The quantitative estimate of drug-likeness (QED) is 0.493. The van der Waals surface area contributed by atoms with Gasteiger partial charge in [-0.2, -0.15) is 0 Å². The second kappa shape index (κ2) is 7.70. The average molecular weight is 397 g/mol. The van der Waals surface area contributed by atoms with Crippen molar-refractivity contribution >= 4 is 0 Å². The number of allylic oxidation sites excluding steroid dienone is 6. The Labute approximate surface area is 179 Å². The van der Waals surface area contributed by atoms with E-state index in [1.165, 1.54) is 32.1 Å². The molecular formula is C28H44O. The van der Waals surface area contributed by atoms with Gasteiger partial charge in [-0.05, 0) is 102 Å². The Morgan fingerprint density at radius 1 is 1.03 bits per heavy atom. The summed E-state index contributed by atoms with van der Waals surface area (Å²) in [6.07, 6.45) is 18.5. The van der Waals surface area contributed by atoms with Crippen LogP contribution in [-0.4, -0.2) is 11.2 Å². The molecule has 0 aliphatic heterocycles. The molecule has 1 heteroatoms. The number of aliphatic hydroxyl groups is 1. The van der Waals surface area contributed by atoms with Gasteiger partial charge in [0.05, 0.1) is 6.10 Å². The van der Waals surface area contributed by atoms with E-state index in [0.717, 1.165) is 30.6 Å². The molecule has 162 valence electrons. The highest BCUT2D eigenvalue weighted by Crippen LogP contribution is 2.64. The van der Waals surface area contributed by atoms with Gasteiger partial charge in [-0.25, -0.2) is 0 Å². The minimum atomic E-state index is -0.0748. The second-order valence-electron chi connectivity index (χ2n) is 11.8. The number of hydrogen-bond donors (Lipinski definition) is 1. The fraction of sp³-hybridized carbons (Fsp3) is 0.786. The first kappa shape index (κ1) is 21.4. The first-order valence-electron chi connectivity index (χ1n) is 12.4. The van der Waals surface area contributed by atoms with Crippen molar-refractivity contribution in [3.05, 3.63) is 35.5 Å². The molecular weight excluding hydrogens is 352 g/mol. The highest BCUT2D eigenvalue weighted by atomic mass is 16.3. The Bertz CT molecular complexity index is 712. The lowest BCUT2D eigenvalue weighted by Crippen LogP contribution is -2.44. The Hall–Kier alpha value is -0.820. The standard InChI is InChI=1S/C28H44O/c1-18(2)19(3)7-8-20(4)24-11-12-25-23-10-9-21-17-22(29)13-15-27(21,5)26(23)14-16-28(24,25)6/h7-8,10,14,18-22,24-25,29H,9,11-13,15-17H2,1-6H3/b8-7+/t19-,20+,21+,22+,24-,25+,27+,28+/m0/s1. The van der Waals surface area contributed by atoms with Gasteiger partial charge in [-0.3, -0.25) is 0 Å². The van der Waals surface area contributed by atoms with Gasteiger partial charge in [0.25, 0.3) is 0 Å². The molecule has 0 unspecified atom stereocenters. The Balaban J connectivity index is 1.58. The van der Waals surface area contributed by atoms with E-state index < -0.39 is 0 Å². The lowest BCUT2D eigenvalue weighted by Gasteiger charge is -2.53. The third-order valence-corrected chi connectivity index (χ3v) is 9.94. The second-order valence-corrected chi connectivity index (χ2v) is 11.8. The molecule has 29 heavy (non-hydrogen) atoms. The van der Waals surface area contributed by atoms with E-state index in [-0.39, 0.29) is 6.10 Å². The van der Waals surface area contributed by atoms with Crippen LogP contribution in [0.2, 0.25) is 0 Å². The predicted molar refractivity (Wildman–Crippen MR) is 123 cm³/mol. The molecule has 2 saturated carbocycles. The van der Waals surface area contributed by atoms with Crippen molar-refractivity contribution in [1.82, 2.24) is 0 Å². The molecule has 0 spiro atoms. The van der Waals surface area contributed by atoms with Gasteiger partial charge in [0.1, 0.15) is 0 Å². The van der Waals surface area contributed by atoms with Crippen LogP contribution in [0.4, 0.5) is 0 Å². The first-order chi connectivity index (χ1) is 13.7. The summed E-state index contributed by atoms with van der Waals surface area (Å²) in [5, 5.41) is 10.2. The van der Waals surface area contributed by atoms with Gasteiger partial charge in [-0.1, -0.05) is 65.8 Å². The average Bonchev–Trinajstić information content (AvgIpc) is 3.03. The van der Waals surface area contributed by atoms with E-state index >= 15 is 0 Å². The molecule has 0 aromatic heterocycles. The van der Waals surface area contributed by atoms with Crippen LogP contribution < -0.4 is 0 Å². The summed E-state index contributed by atoms with van der Waals surface area (Å²) in [5.74, 6) is 4.23. The molecule has 2 fully saturated rings. The van der Waals surface area contributed by atoms with Crippen molar-refractivity contribution in [3.63, 3.8) is 0 Å². The molecule has 0 saturated heterocycles. The zero-order valence-electron chi connectivity index (χ0n) is 19.7. The maximum absolute atomic E-state index is 10.2. The van der Waals surface area contributed by atoms with Crippen molar-refractivity contribution < 1.29 is 5.11 Å². The molecule has 0 amide bonds. The molecule has 1 N–H and O–H groups in total. The van der Waals surface area contributed by atoms with Crippen LogP contribution in [0.5, 0.6) is 0 Å². The molecule has 0 bridgehead atoms. The first-order valence-corrected chi connectivity index (χ1v) is 12.4. The van der Waals surface area contributed by atoms with Crippen LogP contribution in [0.1, 0.15) is 86.5 Å². The summed E-state index contributed by atoms with van der Waals surface area (Å²) in [7, 11) is 0. The number of rotatable bonds is 4. The minimum absolute atomic E-state index is 0.0748. The van der Waals surface area contributed by atoms with Gasteiger partial charge in [0, 0.05) is 0 Å². The maximum atomic E-state index is 10.2. The van der Waals surface area contributed by atoms with Gasteiger partial charge >= 0.3 is 0 Å². The lowest BCUT2D eigenvalue weighted by atomic mass is 9.51. The topological polar surface area (TPSA) is 20.2 Å². The number of aliphatic hydroxyl groups excluding tert-OH is 1. The summed E-state index contributed by atoms with van der Waals surface area (Å²) in [6.45, 7) is 14.6. The van der Waals surface area contributed by atoms with E-state index in [9.17, 15) is 5.11 Å². The van der Waals surface area contributed by atoms with Crippen LogP contribution >= 0.6 is 0 Å². The zero-order chi connectivity index (χ0) is 21.0. The summed E-state index contributed by atoms with van der Waals surface area (Å²) in [4.78, 5) is 0. The monoisotopic (exact) mass is 396 g/mol. The summed E-state index contributed by atoms with van der Waals surface area (Å²) in [5.41, 5.74) is 4.11. The molecule has 1 nitrogen and oxygen atoms in total. The molecule has 0 aromatic rings. The number of fused-ring (bicyclic) bond motifs is 5. The van der Waals surface area contributed by atoms with Gasteiger partial charge < -0.3 is 5.11 Å². The molecule has 4 aliphatic carbocycles. The molecule has 4 aliphatic rings. The third kappa shape index (κ3) is 3.50. The van der Waals surface area contributed by atoms with Crippen LogP contribution in [0.15, 0.2) is 35.5 Å². The van der Waals surface area contributed by atoms with E-state index in [4.69, 9.17) is 0 Å². The van der Waals surface area contributed by atoms with Gasteiger partial charge in [0.15, 0.2) is 0 Å². The number of hydrogen-bond acceptors (Lipinski definition) is 1. The van der Waals surface area contributed by atoms with Crippen LogP contribution in [0, 0.1) is 46.3 Å².